The normalized spacial score (nSPS) is 12.5. The van der Waals surface area contributed by atoms with Crippen LogP contribution in [0.3, 0.4) is 0 Å². The summed E-state index contributed by atoms with van der Waals surface area (Å²) in [6.45, 7) is 0. The standard InChI is InChI=1S/C9H7ClF2O2/c10-6-3-5(1-2-7(6)11)4-8(12)9(13)14/h1-3,8H,4H2,(H,13,14)/t8-/m0/s1. The molecule has 0 heterocycles. The molecule has 0 saturated heterocycles. The van der Waals surface area contributed by atoms with Gasteiger partial charge in [-0.3, -0.25) is 0 Å². The summed E-state index contributed by atoms with van der Waals surface area (Å²) >= 11 is 5.43. The molecule has 0 fully saturated rings. The average Bonchev–Trinajstić information content (AvgIpc) is 2.11. The molecule has 0 aromatic heterocycles. The zero-order chi connectivity index (χ0) is 10.7. The van der Waals surface area contributed by atoms with Crippen molar-refractivity contribution >= 4 is 17.6 Å². The summed E-state index contributed by atoms with van der Waals surface area (Å²) in [5.74, 6) is -2.15. The van der Waals surface area contributed by atoms with Crippen LogP contribution in [0.4, 0.5) is 8.78 Å². The van der Waals surface area contributed by atoms with Crippen LogP contribution in [0.25, 0.3) is 0 Å². The highest BCUT2D eigenvalue weighted by molar-refractivity contribution is 6.30. The number of hydrogen-bond acceptors (Lipinski definition) is 1. The summed E-state index contributed by atoms with van der Waals surface area (Å²) in [5, 5.41) is 8.15. The molecular formula is C9H7ClF2O2. The van der Waals surface area contributed by atoms with Crippen LogP contribution in [0.1, 0.15) is 5.56 Å². The molecule has 0 saturated carbocycles. The molecule has 0 spiro atoms. The van der Waals surface area contributed by atoms with Gasteiger partial charge in [-0.1, -0.05) is 17.7 Å². The zero-order valence-electron chi connectivity index (χ0n) is 7.01. The lowest BCUT2D eigenvalue weighted by molar-refractivity contribution is -0.142. The quantitative estimate of drug-likeness (QED) is 0.850. The van der Waals surface area contributed by atoms with Gasteiger partial charge in [-0.25, -0.2) is 13.6 Å². The summed E-state index contributed by atoms with van der Waals surface area (Å²) in [6.07, 6.45) is -2.30. The summed E-state index contributed by atoms with van der Waals surface area (Å²) in [7, 11) is 0. The number of carboxylic acid groups (broad SMARTS) is 1. The number of benzene rings is 1. The summed E-state index contributed by atoms with van der Waals surface area (Å²) in [5.41, 5.74) is 0.353. The first-order valence-corrected chi connectivity index (χ1v) is 4.19. The minimum atomic E-state index is -1.99. The highest BCUT2D eigenvalue weighted by Crippen LogP contribution is 2.17. The Hall–Kier alpha value is -1.16. The second-order valence-electron chi connectivity index (χ2n) is 2.76. The molecule has 1 rings (SSSR count). The maximum atomic E-state index is 12.7. The Kier molecular flexibility index (Phi) is 3.41. The van der Waals surface area contributed by atoms with Crippen molar-refractivity contribution in [3.63, 3.8) is 0 Å². The van der Waals surface area contributed by atoms with Crippen LogP contribution in [-0.2, 0) is 11.2 Å². The van der Waals surface area contributed by atoms with Gasteiger partial charge in [0, 0.05) is 6.42 Å². The molecule has 1 atom stereocenters. The van der Waals surface area contributed by atoms with Crippen molar-refractivity contribution in [1.82, 2.24) is 0 Å². The Balaban J connectivity index is 2.78. The Labute approximate surface area is 84.1 Å². The second-order valence-corrected chi connectivity index (χ2v) is 3.17. The summed E-state index contributed by atoms with van der Waals surface area (Å²) < 4.78 is 25.4. The van der Waals surface area contributed by atoms with Gasteiger partial charge in [0.15, 0.2) is 0 Å². The van der Waals surface area contributed by atoms with E-state index in [1.807, 2.05) is 0 Å². The number of rotatable bonds is 3. The van der Waals surface area contributed by atoms with Gasteiger partial charge in [0.2, 0.25) is 6.17 Å². The van der Waals surface area contributed by atoms with Gasteiger partial charge in [-0.15, -0.1) is 0 Å². The number of halogens is 3. The Morgan fingerprint density at radius 1 is 1.57 bits per heavy atom. The van der Waals surface area contributed by atoms with E-state index < -0.39 is 18.0 Å². The fraction of sp³-hybridized carbons (Fsp3) is 0.222. The Morgan fingerprint density at radius 2 is 2.21 bits per heavy atom. The molecule has 0 radical (unpaired) electrons. The van der Waals surface area contributed by atoms with E-state index >= 15 is 0 Å². The summed E-state index contributed by atoms with van der Waals surface area (Å²) in [6, 6.07) is 3.59. The van der Waals surface area contributed by atoms with E-state index in [1.165, 1.54) is 12.1 Å². The number of carboxylic acids is 1. The molecular weight excluding hydrogens is 214 g/mol. The van der Waals surface area contributed by atoms with Crippen LogP contribution < -0.4 is 0 Å². The number of hydrogen-bond donors (Lipinski definition) is 1. The van der Waals surface area contributed by atoms with Crippen molar-refractivity contribution < 1.29 is 18.7 Å². The predicted octanol–water partition coefficient (Wildman–Crippen LogP) is 2.44. The fourth-order valence-electron chi connectivity index (χ4n) is 0.961. The maximum Gasteiger partial charge on any atom is 0.338 e. The molecule has 76 valence electrons. The predicted molar refractivity (Wildman–Crippen MR) is 47.6 cm³/mol. The molecule has 0 unspecified atom stereocenters. The second kappa shape index (κ2) is 4.37. The molecule has 0 aliphatic heterocycles. The molecule has 0 aliphatic rings. The third-order valence-corrected chi connectivity index (χ3v) is 1.96. The van der Waals surface area contributed by atoms with Crippen LogP contribution in [-0.4, -0.2) is 17.2 Å². The Morgan fingerprint density at radius 3 is 2.71 bits per heavy atom. The van der Waals surface area contributed by atoms with E-state index in [-0.39, 0.29) is 11.4 Å². The summed E-state index contributed by atoms with van der Waals surface area (Å²) in [4.78, 5) is 10.2. The van der Waals surface area contributed by atoms with Crippen molar-refractivity contribution in [3.05, 3.63) is 34.6 Å². The van der Waals surface area contributed by atoms with Crippen molar-refractivity contribution in [3.8, 4) is 0 Å². The number of alkyl halides is 1. The number of aliphatic carboxylic acids is 1. The topological polar surface area (TPSA) is 37.3 Å². The minimum Gasteiger partial charge on any atom is -0.479 e. The molecule has 1 N–H and O–H groups in total. The van der Waals surface area contributed by atoms with Gasteiger partial charge >= 0.3 is 5.97 Å². The fourth-order valence-corrected chi connectivity index (χ4v) is 1.16. The van der Waals surface area contributed by atoms with Crippen LogP contribution in [0.2, 0.25) is 5.02 Å². The molecule has 5 heteroatoms. The van der Waals surface area contributed by atoms with Crippen molar-refractivity contribution in [2.45, 2.75) is 12.6 Å². The first-order valence-electron chi connectivity index (χ1n) is 3.81. The highest BCUT2D eigenvalue weighted by Gasteiger charge is 2.16. The lowest BCUT2D eigenvalue weighted by atomic mass is 10.1. The molecule has 0 bridgehead atoms. The molecule has 1 aromatic rings. The van der Waals surface area contributed by atoms with Gasteiger partial charge in [0.1, 0.15) is 5.82 Å². The zero-order valence-corrected chi connectivity index (χ0v) is 7.76. The molecule has 1 aromatic carbocycles. The molecule has 0 amide bonds. The van der Waals surface area contributed by atoms with Crippen molar-refractivity contribution in [1.29, 1.82) is 0 Å². The van der Waals surface area contributed by atoms with Gasteiger partial charge < -0.3 is 5.11 Å². The molecule has 2 nitrogen and oxygen atoms in total. The lowest BCUT2D eigenvalue weighted by Gasteiger charge is -2.03. The monoisotopic (exact) mass is 220 g/mol. The van der Waals surface area contributed by atoms with Crippen molar-refractivity contribution in [2.24, 2.45) is 0 Å². The van der Waals surface area contributed by atoms with Gasteiger partial charge in [0.25, 0.3) is 0 Å². The lowest BCUT2D eigenvalue weighted by Crippen LogP contribution is -2.17. The molecule has 14 heavy (non-hydrogen) atoms. The Bertz CT molecular complexity index is 355. The SMILES string of the molecule is O=C(O)[C@@H](F)Cc1ccc(F)c(Cl)c1. The minimum absolute atomic E-state index is 0.139. The van der Waals surface area contributed by atoms with Gasteiger partial charge in [-0.05, 0) is 17.7 Å². The van der Waals surface area contributed by atoms with Gasteiger partial charge in [-0.2, -0.15) is 0 Å². The van der Waals surface area contributed by atoms with Crippen LogP contribution in [0.5, 0.6) is 0 Å². The third kappa shape index (κ3) is 2.67. The van der Waals surface area contributed by atoms with E-state index in [2.05, 4.69) is 0 Å². The first kappa shape index (κ1) is 10.9. The average molecular weight is 221 g/mol. The van der Waals surface area contributed by atoms with Crippen LogP contribution in [0, 0.1) is 5.82 Å². The van der Waals surface area contributed by atoms with Crippen LogP contribution in [0.15, 0.2) is 18.2 Å². The van der Waals surface area contributed by atoms with Crippen LogP contribution >= 0.6 is 11.6 Å². The van der Waals surface area contributed by atoms with E-state index in [0.29, 0.717) is 5.56 Å². The van der Waals surface area contributed by atoms with E-state index in [1.54, 1.807) is 0 Å². The van der Waals surface area contributed by atoms with Crippen molar-refractivity contribution in [2.75, 3.05) is 0 Å². The third-order valence-electron chi connectivity index (χ3n) is 1.67. The maximum absolute atomic E-state index is 12.7. The largest absolute Gasteiger partial charge is 0.479 e. The highest BCUT2D eigenvalue weighted by atomic mass is 35.5. The van der Waals surface area contributed by atoms with Gasteiger partial charge in [0.05, 0.1) is 5.02 Å². The number of carbonyl (C=O) groups is 1. The smallest absolute Gasteiger partial charge is 0.338 e. The first-order chi connectivity index (χ1) is 6.50. The molecule has 0 aliphatic carbocycles. The van der Waals surface area contributed by atoms with E-state index in [9.17, 15) is 13.6 Å². The van der Waals surface area contributed by atoms with E-state index in [0.717, 1.165) is 6.07 Å². The van der Waals surface area contributed by atoms with E-state index in [4.69, 9.17) is 16.7 Å².